The van der Waals surface area contributed by atoms with Gasteiger partial charge in [0.25, 0.3) is 15.9 Å². The number of anilines is 2. The number of rotatable bonds is 9. The second-order valence-corrected chi connectivity index (χ2v) is 9.37. The molecule has 0 radical (unpaired) electrons. The second kappa shape index (κ2) is 10.9. The fraction of sp³-hybridized carbons (Fsp3) is 0.174. The highest BCUT2D eigenvalue weighted by atomic mass is 35.5. The second-order valence-electron chi connectivity index (χ2n) is 6.85. The molecule has 0 aliphatic rings. The van der Waals surface area contributed by atoms with Crippen LogP contribution in [0.25, 0.3) is 0 Å². The first-order chi connectivity index (χ1) is 16.2. The molecule has 0 saturated heterocycles. The van der Waals surface area contributed by atoms with Gasteiger partial charge in [0.15, 0.2) is 0 Å². The Morgan fingerprint density at radius 3 is 2.29 bits per heavy atom. The summed E-state index contributed by atoms with van der Waals surface area (Å²) in [4.78, 5) is 12.6. The highest BCUT2D eigenvalue weighted by molar-refractivity contribution is 7.92. The molecule has 0 aliphatic heterocycles. The van der Waals surface area contributed by atoms with Crippen molar-refractivity contribution in [3.8, 4) is 17.2 Å². The minimum atomic E-state index is -4.10. The third-order valence-corrected chi connectivity index (χ3v) is 6.51. The molecule has 0 aromatic heterocycles. The number of methoxy groups -OCH3 is 2. The molecule has 3 aromatic rings. The first kappa shape index (κ1) is 25.5. The van der Waals surface area contributed by atoms with Gasteiger partial charge in [-0.3, -0.25) is 9.52 Å². The summed E-state index contributed by atoms with van der Waals surface area (Å²) in [5, 5.41) is 3.34. The van der Waals surface area contributed by atoms with E-state index in [0.29, 0.717) is 22.9 Å². The normalized spacial score (nSPS) is 11.0. The van der Waals surface area contributed by atoms with Gasteiger partial charge in [0.05, 0.1) is 42.1 Å². The Morgan fingerprint density at radius 1 is 0.912 bits per heavy atom. The molecule has 0 heterocycles. The SMILES string of the molecule is CCOc1ccc(S(=O)(=O)Nc2cc(OC)c(Cl)cc2OC)cc1NC(=O)c1cccc(Cl)c1. The van der Waals surface area contributed by atoms with Gasteiger partial charge in [-0.2, -0.15) is 0 Å². The Morgan fingerprint density at radius 2 is 1.65 bits per heavy atom. The first-order valence-corrected chi connectivity index (χ1v) is 12.2. The number of hydrogen-bond donors (Lipinski definition) is 2. The van der Waals surface area contributed by atoms with E-state index in [1.165, 1.54) is 50.6 Å². The fourth-order valence-corrected chi connectivity index (χ4v) is 4.53. The molecule has 3 aromatic carbocycles. The van der Waals surface area contributed by atoms with Crippen molar-refractivity contribution in [2.75, 3.05) is 30.9 Å². The molecular weight excluding hydrogens is 503 g/mol. The van der Waals surface area contributed by atoms with Gasteiger partial charge in [0, 0.05) is 22.7 Å². The summed E-state index contributed by atoms with van der Waals surface area (Å²) in [7, 11) is -1.31. The topological polar surface area (TPSA) is 103 Å². The van der Waals surface area contributed by atoms with Crippen molar-refractivity contribution < 1.29 is 27.4 Å². The number of carbonyl (C=O) groups excluding carboxylic acids is 1. The average molecular weight is 525 g/mol. The first-order valence-electron chi connectivity index (χ1n) is 9.96. The molecule has 0 atom stereocenters. The standard InChI is InChI=1S/C23H22Cl2N2O6S/c1-4-33-20-9-8-16(11-18(20)26-23(28)14-6-5-7-15(24)10-14)34(29,30)27-19-13-21(31-2)17(25)12-22(19)32-3/h5-13,27H,4H2,1-3H3,(H,26,28). The van der Waals surface area contributed by atoms with Crippen LogP contribution in [0.15, 0.2) is 59.5 Å². The largest absolute Gasteiger partial charge is 0.495 e. The van der Waals surface area contributed by atoms with Crippen LogP contribution < -0.4 is 24.2 Å². The summed E-state index contributed by atoms with van der Waals surface area (Å²) in [5.74, 6) is 0.300. The fourth-order valence-electron chi connectivity index (χ4n) is 3.02. The van der Waals surface area contributed by atoms with Crippen LogP contribution in [0.1, 0.15) is 17.3 Å². The lowest BCUT2D eigenvalue weighted by Gasteiger charge is -2.16. The maximum Gasteiger partial charge on any atom is 0.262 e. The number of nitrogens with one attached hydrogen (secondary N) is 2. The van der Waals surface area contributed by atoms with E-state index >= 15 is 0 Å². The number of hydrogen-bond acceptors (Lipinski definition) is 6. The zero-order chi connectivity index (χ0) is 24.9. The van der Waals surface area contributed by atoms with Gasteiger partial charge in [-0.15, -0.1) is 0 Å². The van der Waals surface area contributed by atoms with Gasteiger partial charge < -0.3 is 19.5 Å². The molecular formula is C23H22Cl2N2O6S. The van der Waals surface area contributed by atoms with Crippen LogP contribution in [0, 0.1) is 0 Å². The smallest absolute Gasteiger partial charge is 0.262 e. The van der Waals surface area contributed by atoms with Crippen molar-refractivity contribution in [1.29, 1.82) is 0 Å². The Bertz CT molecular complexity index is 1310. The van der Waals surface area contributed by atoms with E-state index in [1.807, 2.05) is 0 Å². The van der Waals surface area contributed by atoms with E-state index in [4.69, 9.17) is 37.4 Å². The lowest BCUT2D eigenvalue weighted by atomic mass is 10.2. The Kier molecular flexibility index (Phi) is 8.14. The molecule has 180 valence electrons. The molecule has 3 rings (SSSR count). The van der Waals surface area contributed by atoms with Gasteiger partial charge in [-0.1, -0.05) is 29.3 Å². The summed E-state index contributed by atoms with van der Waals surface area (Å²) >= 11 is 12.1. The molecule has 0 aliphatic carbocycles. The van der Waals surface area contributed by atoms with Crippen molar-refractivity contribution in [2.45, 2.75) is 11.8 Å². The van der Waals surface area contributed by atoms with Crippen LogP contribution in [0.5, 0.6) is 17.2 Å². The van der Waals surface area contributed by atoms with E-state index in [0.717, 1.165) is 0 Å². The third-order valence-electron chi connectivity index (χ3n) is 4.61. The highest BCUT2D eigenvalue weighted by Crippen LogP contribution is 2.37. The molecule has 11 heteroatoms. The summed E-state index contributed by atoms with van der Waals surface area (Å²) < 4.78 is 44.8. The predicted octanol–water partition coefficient (Wildman–Crippen LogP) is 5.46. The number of amides is 1. The molecule has 34 heavy (non-hydrogen) atoms. The van der Waals surface area contributed by atoms with Crippen molar-refractivity contribution in [3.63, 3.8) is 0 Å². The van der Waals surface area contributed by atoms with Crippen molar-refractivity contribution in [1.82, 2.24) is 0 Å². The maximum absolute atomic E-state index is 13.2. The van der Waals surface area contributed by atoms with Crippen molar-refractivity contribution >= 4 is 50.5 Å². The molecule has 0 spiro atoms. The van der Waals surface area contributed by atoms with Crippen LogP contribution >= 0.6 is 23.2 Å². The monoisotopic (exact) mass is 524 g/mol. The van der Waals surface area contributed by atoms with Crippen molar-refractivity contribution in [3.05, 3.63) is 70.2 Å². The number of carbonyl (C=O) groups is 1. The molecule has 2 N–H and O–H groups in total. The minimum absolute atomic E-state index is 0.117. The lowest BCUT2D eigenvalue weighted by Crippen LogP contribution is -2.16. The van der Waals surface area contributed by atoms with Gasteiger partial charge in [0.2, 0.25) is 0 Å². The number of halogens is 2. The molecule has 0 unspecified atom stereocenters. The molecule has 0 bridgehead atoms. The predicted molar refractivity (Wildman–Crippen MR) is 132 cm³/mol. The van der Waals surface area contributed by atoms with E-state index in [2.05, 4.69) is 10.0 Å². The quantitative estimate of drug-likeness (QED) is 0.385. The Labute approximate surface area is 207 Å². The Hall–Kier alpha value is -3.14. The van der Waals surface area contributed by atoms with E-state index in [1.54, 1.807) is 25.1 Å². The summed E-state index contributed by atoms with van der Waals surface area (Å²) in [6.45, 7) is 2.08. The summed E-state index contributed by atoms with van der Waals surface area (Å²) in [6, 6.07) is 13.3. The number of benzene rings is 3. The Balaban J connectivity index is 1.97. The van der Waals surface area contributed by atoms with Crippen molar-refractivity contribution in [2.24, 2.45) is 0 Å². The summed E-state index contributed by atoms with van der Waals surface area (Å²) in [5.41, 5.74) is 0.608. The van der Waals surface area contributed by atoms with E-state index in [-0.39, 0.29) is 32.8 Å². The van der Waals surface area contributed by atoms with Gasteiger partial charge >= 0.3 is 0 Å². The van der Waals surface area contributed by atoms with Crippen LogP contribution in [-0.4, -0.2) is 35.2 Å². The van der Waals surface area contributed by atoms with Gasteiger partial charge in [0.1, 0.15) is 17.2 Å². The van der Waals surface area contributed by atoms with Crippen LogP contribution in [-0.2, 0) is 10.0 Å². The van der Waals surface area contributed by atoms with Gasteiger partial charge in [-0.25, -0.2) is 8.42 Å². The number of sulfonamides is 1. The van der Waals surface area contributed by atoms with E-state index < -0.39 is 15.9 Å². The lowest BCUT2D eigenvalue weighted by molar-refractivity contribution is 0.102. The maximum atomic E-state index is 13.2. The zero-order valence-electron chi connectivity index (χ0n) is 18.5. The van der Waals surface area contributed by atoms with Gasteiger partial charge in [-0.05, 0) is 43.3 Å². The zero-order valence-corrected chi connectivity index (χ0v) is 20.8. The van der Waals surface area contributed by atoms with Crippen LogP contribution in [0.3, 0.4) is 0 Å². The highest BCUT2D eigenvalue weighted by Gasteiger charge is 2.21. The molecule has 0 saturated carbocycles. The minimum Gasteiger partial charge on any atom is -0.495 e. The summed E-state index contributed by atoms with van der Waals surface area (Å²) in [6.07, 6.45) is 0. The number of ether oxygens (including phenoxy) is 3. The van der Waals surface area contributed by atoms with Crippen LogP contribution in [0.2, 0.25) is 10.0 Å². The molecule has 0 fully saturated rings. The van der Waals surface area contributed by atoms with Crippen LogP contribution in [0.4, 0.5) is 11.4 Å². The molecule has 8 nitrogen and oxygen atoms in total. The third kappa shape index (κ3) is 5.85. The molecule has 1 amide bonds. The average Bonchev–Trinajstić information content (AvgIpc) is 2.80. The van der Waals surface area contributed by atoms with E-state index in [9.17, 15) is 13.2 Å².